The van der Waals surface area contributed by atoms with Gasteiger partial charge in [-0.15, -0.1) is 0 Å². The lowest BCUT2D eigenvalue weighted by Crippen LogP contribution is -2.37. The Morgan fingerprint density at radius 3 is 2.32 bits per heavy atom. The van der Waals surface area contributed by atoms with Crippen LogP contribution in [-0.2, 0) is 0 Å². The van der Waals surface area contributed by atoms with Gasteiger partial charge in [-0.3, -0.25) is 4.79 Å². The third-order valence-corrected chi connectivity index (χ3v) is 4.42. The molecule has 0 atom stereocenters. The molecule has 0 amide bonds. The molecule has 1 aromatic heterocycles. The van der Waals surface area contributed by atoms with E-state index in [0.717, 1.165) is 18.6 Å². The van der Waals surface area contributed by atoms with Gasteiger partial charge in [-0.1, -0.05) is 0 Å². The van der Waals surface area contributed by atoms with E-state index in [9.17, 15) is 9.59 Å². The number of Topliss-reactive ketones (excluding diaryl/α,β-unsaturated/α-hetero) is 1. The Balaban J connectivity index is 1.60. The Hall–Kier alpha value is -2.96. The summed E-state index contributed by atoms with van der Waals surface area (Å²) in [6, 6.07) is 7.18. The van der Waals surface area contributed by atoms with Gasteiger partial charge >= 0.3 is 5.97 Å². The molecular weight excluding hydrogens is 322 g/mol. The fraction of sp³-hybridized carbons (Fsp3) is 0.333. The fourth-order valence-corrected chi connectivity index (χ4v) is 2.96. The van der Waals surface area contributed by atoms with E-state index in [-0.39, 0.29) is 17.4 Å². The largest absolute Gasteiger partial charge is 0.497 e. The number of ketones is 1. The summed E-state index contributed by atoms with van der Waals surface area (Å²) in [6.07, 6.45) is 4.18. The molecule has 1 aromatic carbocycles. The van der Waals surface area contributed by atoms with Gasteiger partial charge in [-0.2, -0.15) is 0 Å². The molecule has 7 nitrogen and oxygen atoms in total. The van der Waals surface area contributed by atoms with Gasteiger partial charge < -0.3 is 14.7 Å². The Labute approximate surface area is 145 Å². The molecule has 0 aliphatic carbocycles. The zero-order valence-corrected chi connectivity index (χ0v) is 13.9. The molecule has 0 spiro atoms. The number of hydrogen-bond acceptors (Lipinski definition) is 6. The summed E-state index contributed by atoms with van der Waals surface area (Å²) in [5, 5.41) is 8.86. The maximum Gasteiger partial charge on any atom is 0.356 e. The van der Waals surface area contributed by atoms with Crippen molar-refractivity contribution in [2.45, 2.75) is 12.8 Å². The van der Waals surface area contributed by atoms with Crippen LogP contribution in [0.2, 0.25) is 0 Å². The number of carbonyl (C=O) groups excluding carboxylic acids is 1. The van der Waals surface area contributed by atoms with E-state index in [1.807, 2.05) is 4.90 Å². The smallest absolute Gasteiger partial charge is 0.356 e. The maximum absolute atomic E-state index is 12.6. The highest BCUT2D eigenvalue weighted by Crippen LogP contribution is 2.25. The molecule has 1 aliphatic heterocycles. The van der Waals surface area contributed by atoms with Gasteiger partial charge in [0.05, 0.1) is 19.5 Å². The van der Waals surface area contributed by atoms with E-state index >= 15 is 0 Å². The molecule has 1 aliphatic rings. The van der Waals surface area contributed by atoms with Gasteiger partial charge in [0.2, 0.25) is 0 Å². The summed E-state index contributed by atoms with van der Waals surface area (Å²) >= 11 is 0. The SMILES string of the molecule is COc1ccc(C(=O)C2CCN(c3cnc(C(=O)O)cn3)CC2)cc1. The van der Waals surface area contributed by atoms with E-state index in [0.29, 0.717) is 24.5 Å². The number of piperidine rings is 1. The van der Waals surface area contributed by atoms with Crippen LogP contribution in [-0.4, -0.2) is 47.0 Å². The maximum atomic E-state index is 12.6. The second-order valence-electron chi connectivity index (χ2n) is 5.92. The molecule has 3 rings (SSSR count). The summed E-state index contributed by atoms with van der Waals surface area (Å²) in [6.45, 7) is 1.38. The molecule has 1 saturated heterocycles. The predicted molar refractivity (Wildman–Crippen MR) is 91.3 cm³/mol. The minimum atomic E-state index is -1.09. The Morgan fingerprint density at radius 1 is 1.12 bits per heavy atom. The fourth-order valence-electron chi connectivity index (χ4n) is 2.96. The molecule has 1 N–H and O–H groups in total. The van der Waals surface area contributed by atoms with Gasteiger partial charge in [0.15, 0.2) is 11.5 Å². The second-order valence-corrected chi connectivity index (χ2v) is 5.92. The predicted octanol–water partition coefficient (Wildman–Crippen LogP) is 2.28. The van der Waals surface area contributed by atoms with Crippen LogP contribution in [0.1, 0.15) is 33.7 Å². The van der Waals surface area contributed by atoms with Crippen LogP contribution in [0.5, 0.6) is 5.75 Å². The molecule has 0 unspecified atom stereocenters. The monoisotopic (exact) mass is 341 g/mol. The average molecular weight is 341 g/mol. The molecule has 0 radical (unpaired) electrons. The summed E-state index contributed by atoms with van der Waals surface area (Å²) in [5.41, 5.74) is 0.623. The van der Waals surface area contributed by atoms with Crippen molar-refractivity contribution in [1.82, 2.24) is 9.97 Å². The standard InChI is InChI=1S/C18H19N3O4/c1-25-14-4-2-12(3-5-14)17(22)13-6-8-21(9-7-13)16-11-19-15(10-20-16)18(23)24/h2-5,10-11,13H,6-9H2,1H3,(H,23,24). The van der Waals surface area contributed by atoms with E-state index in [4.69, 9.17) is 9.84 Å². The quantitative estimate of drug-likeness (QED) is 0.834. The van der Waals surface area contributed by atoms with Gasteiger partial charge in [-0.05, 0) is 37.1 Å². The number of rotatable bonds is 5. The molecule has 0 saturated carbocycles. The molecule has 0 bridgehead atoms. The molecule has 2 aromatic rings. The number of methoxy groups -OCH3 is 1. The number of hydrogen-bond donors (Lipinski definition) is 1. The Kier molecular flexibility index (Phi) is 4.92. The first kappa shape index (κ1) is 16.9. The molecule has 2 heterocycles. The minimum Gasteiger partial charge on any atom is -0.497 e. The van der Waals surface area contributed by atoms with E-state index < -0.39 is 5.97 Å². The highest BCUT2D eigenvalue weighted by atomic mass is 16.5. The number of aromatic nitrogens is 2. The Morgan fingerprint density at radius 2 is 1.80 bits per heavy atom. The molecule has 7 heteroatoms. The van der Waals surface area contributed by atoms with Gasteiger partial charge in [0.25, 0.3) is 0 Å². The van der Waals surface area contributed by atoms with Crippen molar-refractivity contribution in [3.05, 3.63) is 47.9 Å². The summed E-state index contributed by atoms with van der Waals surface area (Å²) in [5.74, 6) is 0.406. The van der Waals surface area contributed by atoms with Gasteiger partial charge in [-0.25, -0.2) is 14.8 Å². The average Bonchev–Trinajstić information content (AvgIpc) is 2.67. The van der Waals surface area contributed by atoms with Crippen molar-refractivity contribution in [2.75, 3.05) is 25.1 Å². The lowest BCUT2D eigenvalue weighted by atomic mass is 9.89. The van der Waals surface area contributed by atoms with Crippen molar-refractivity contribution < 1.29 is 19.4 Å². The summed E-state index contributed by atoms with van der Waals surface area (Å²) in [4.78, 5) is 33.5. The topological polar surface area (TPSA) is 92.6 Å². The first-order valence-corrected chi connectivity index (χ1v) is 8.07. The first-order chi connectivity index (χ1) is 12.1. The van der Waals surface area contributed by atoms with Crippen LogP contribution < -0.4 is 9.64 Å². The lowest BCUT2D eigenvalue weighted by molar-refractivity contribution is 0.0689. The van der Waals surface area contributed by atoms with Crippen LogP contribution in [0.15, 0.2) is 36.7 Å². The number of nitrogens with zero attached hydrogens (tertiary/aromatic N) is 3. The van der Waals surface area contributed by atoms with Crippen LogP contribution in [0.3, 0.4) is 0 Å². The lowest BCUT2D eigenvalue weighted by Gasteiger charge is -2.31. The zero-order valence-electron chi connectivity index (χ0n) is 13.9. The number of aromatic carboxylic acids is 1. The van der Waals surface area contributed by atoms with Crippen molar-refractivity contribution in [3.8, 4) is 5.75 Å². The van der Waals surface area contributed by atoms with E-state index in [1.54, 1.807) is 31.4 Å². The molecule has 130 valence electrons. The highest BCUT2D eigenvalue weighted by Gasteiger charge is 2.26. The van der Waals surface area contributed by atoms with E-state index in [1.165, 1.54) is 12.4 Å². The van der Waals surface area contributed by atoms with Crippen molar-refractivity contribution in [2.24, 2.45) is 5.92 Å². The van der Waals surface area contributed by atoms with Crippen LogP contribution in [0.25, 0.3) is 0 Å². The van der Waals surface area contributed by atoms with Gasteiger partial charge in [0, 0.05) is 24.6 Å². The third-order valence-electron chi connectivity index (χ3n) is 4.42. The molecular formula is C18H19N3O4. The molecule has 1 fully saturated rings. The number of carboxylic acids is 1. The number of carbonyl (C=O) groups is 2. The zero-order chi connectivity index (χ0) is 17.8. The Bertz CT molecular complexity index is 751. The minimum absolute atomic E-state index is 0.0177. The summed E-state index contributed by atoms with van der Waals surface area (Å²) in [7, 11) is 1.60. The number of benzene rings is 1. The first-order valence-electron chi connectivity index (χ1n) is 8.07. The van der Waals surface area contributed by atoms with Crippen molar-refractivity contribution in [1.29, 1.82) is 0 Å². The number of anilines is 1. The van der Waals surface area contributed by atoms with Crippen LogP contribution in [0, 0.1) is 5.92 Å². The molecule has 25 heavy (non-hydrogen) atoms. The third kappa shape index (κ3) is 3.76. The van der Waals surface area contributed by atoms with Crippen molar-refractivity contribution >= 4 is 17.6 Å². The number of carboxylic acid groups (broad SMARTS) is 1. The highest BCUT2D eigenvalue weighted by molar-refractivity contribution is 5.98. The summed E-state index contributed by atoms with van der Waals surface area (Å²) < 4.78 is 5.11. The van der Waals surface area contributed by atoms with Crippen molar-refractivity contribution in [3.63, 3.8) is 0 Å². The van der Waals surface area contributed by atoms with Crippen LogP contribution in [0.4, 0.5) is 5.82 Å². The van der Waals surface area contributed by atoms with Gasteiger partial charge in [0.1, 0.15) is 11.6 Å². The van der Waals surface area contributed by atoms with Crippen LogP contribution >= 0.6 is 0 Å². The second kappa shape index (κ2) is 7.29. The van der Waals surface area contributed by atoms with E-state index in [2.05, 4.69) is 9.97 Å². The number of ether oxygens (including phenoxy) is 1. The normalized spacial score (nSPS) is 15.0.